The Bertz CT molecular complexity index is 2860. The van der Waals surface area contributed by atoms with Gasteiger partial charge in [-0.2, -0.15) is 0 Å². The summed E-state index contributed by atoms with van der Waals surface area (Å²) in [7, 11) is 54.1. The third-order valence-electron chi connectivity index (χ3n) is 10.2. The Kier molecular flexibility index (Phi) is 7.53. The second-order valence-electron chi connectivity index (χ2n) is 13.0. The summed E-state index contributed by atoms with van der Waals surface area (Å²) in [5, 5.41) is 6.96. The highest BCUT2D eigenvalue weighted by molar-refractivity contribution is 7.26. The van der Waals surface area contributed by atoms with Crippen LogP contribution in [0.5, 0.6) is 0 Å². The SMILES string of the molecule is [B]c1c([B])c([B])c2c(-c3ccc4ccccc4c3)c3c([B])c([B])c([B])c([B])c3c(-c3ccc(-c4cccc5sc6ccccc6c45)cc3)c2c1[B]. The maximum absolute atomic E-state index is 6.95. The van der Waals surface area contributed by atoms with Crippen LogP contribution in [0.15, 0.2) is 109 Å². The Morgan fingerprint density at radius 3 is 1.41 bits per heavy atom. The van der Waals surface area contributed by atoms with Crippen LogP contribution in [0.25, 0.3) is 85.9 Å². The average molecular weight is 641 g/mol. The van der Waals surface area contributed by atoms with Gasteiger partial charge in [-0.1, -0.05) is 113 Å². The lowest BCUT2D eigenvalue weighted by Gasteiger charge is -2.28. The fourth-order valence-corrected chi connectivity index (χ4v) is 8.83. The highest BCUT2D eigenvalue weighted by Gasteiger charge is 2.25. The van der Waals surface area contributed by atoms with Gasteiger partial charge < -0.3 is 0 Å². The van der Waals surface area contributed by atoms with Gasteiger partial charge in [0.2, 0.25) is 0 Å². The van der Waals surface area contributed by atoms with E-state index in [4.69, 9.17) is 62.8 Å². The van der Waals surface area contributed by atoms with Crippen LogP contribution in [0.2, 0.25) is 0 Å². The van der Waals surface area contributed by atoms with E-state index in [1.165, 1.54) is 20.2 Å². The summed E-state index contributed by atoms with van der Waals surface area (Å²) in [4.78, 5) is 0. The summed E-state index contributed by atoms with van der Waals surface area (Å²) >= 11 is 1.79. The van der Waals surface area contributed by atoms with Crippen molar-refractivity contribution in [1.29, 1.82) is 0 Å². The summed E-state index contributed by atoms with van der Waals surface area (Å²) in [6.07, 6.45) is 0. The standard InChI is InChI=1S/C42H18B8S/c43-35-31-28(21-15-13-20(14-16-21)24-9-5-11-27-30(24)25-8-3-4-10-26(25)51-27)32-34(38(46)42(50)40(48)36(32)44)29(33(31)37(45)41(49)39(35)47)23-17-12-19-6-1-2-7-22(19)18-23/h1-18H. The zero-order valence-corrected chi connectivity index (χ0v) is 28.2. The molecule has 216 valence electrons. The topological polar surface area (TPSA) is 0 Å². The predicted molar refractivity (Wildman–Crippen MR) is 231 cm³/mol. The molecule has 0 aliphatic rings. The quantitative estimate of drug-likeness (QED) is 0.206. The largest absolute Gasteiger partial charge is 0.135 e. The van der Waals surface area contributed by atoms with Crippen LogP contribution in [0.3, 0.4) is 0 Å². The van der Waals surface area contributed by atoms with Gasteiger partial charge in [-0.05, 0) is 83.9 Å². The Morgan fingerprint density at radius 2 is 0.804 bits per heavy atom. The minimum atomic E-state index is 0.188. The van der Waals surface area contributed by atoms with Crippen molar-refractivity contribution < 1.29 is 0 Å². The maximum atomic E-state index is 6.95. The molecule has 0 amide bonds. The lowest BCUT2D eigenvalue weighted by atomic mass is 9.59. The summed E-state index contributed by atoms with van der Waals surface area (Å²) in [6, 6.07) is 37.5. The van der Waals surface area contributed by atoms with Crippen molar-refractivity contribution in [2.24, 2.45) is 0 Å². The Hall–Kier alpha value is -4.72. The van der Waals surface area contributed by atoms with Crippen molar-refractivity contribution in [3.8, 4) is 33.4 Å². The number of rotatable bonds is 3. The Balaban J connectivity index is 1.41. The molecule has 9 rings (SSSR count). The second-order valence-corrected chi connectivity index (χ2v) is 14.1. The first kappa shape index (κ1) is 32.2. The fourth-order valence-electron chi connectivity index (χ4n) is 7.70. The fraction of sp³-hybridized carbons (Fsp3) is 0. The summed E-state index contributed by atoms with van der Waals surface area (Å²) in [5.74, 6) is 0. The number of benzene rings is 8. The molecule has 0 fully saturated rings. The highest BCUT2D eigenvalue weighted by Crippen LogP contribution is 2.43. The normalized spacial score (nSPS) is 11.8. The predicted octanol–water partition coefficient (Wildman–Crippen LogP) is 2.87. The molecule has 16 radical (unpaired) electrons. The molecule has 0 saturated carbocycles. The van der Waals surface area contributed by atoms with Crippen molar-refractivity contribution in [2.75, 3.05) is 0 Å². The Morgan fingerprint density at radius 1 is 0.333 bits per heavy atom. The van der Waals surface area contributed by atoms with Gasteiger partial charge in [0.1, 0.15) is 62.8 Å². The van der Waals surface area contributed by atoms with Gasteiger partial charge in [0.15, 0.2) is 0 Å². The Labute approximate surface area is 311 Å². The molecule has 0 saturated heterocycles. The van der Waals surface area contributed by atoms with Crippen LogP contribution in [-0.4, -0.2) is 62.8 Å². The maximum Gasteiger partial charge on any atom is 0.113 e. The number of thiophene rings is 1. The monoisotopic (exact) mass is 642 g/mol. The molecular weight excluding hydrogens is 623 g/mol. The van der Waals surface area contributed by atoms with Crippen molar-refractivity contribution in [3.63, 3.8) is 0 Å². The van der Waals surface area contributed by atoms with E-state index in [2.05, 4.69) is 78.9 Å². The summed E-state index contributed by atoms with van der Waals surface area (Å²) in [5.41, 5.74) is 7.08. The molecule has 0 N–H and O–H groups in total. The number of fused-ring (bicyclic) bond motifs is 6. The lowest BCUT2D eigenvalue weighted by molar-refractivity contribution is 1.66. The first-order valence-electron chi connectivity index (χ1n) is 16.4. The zero-order chi connectivity index (χ0) is 35.3. The van der Waals surface area contributed by atoms with Gasteiger partial charge in [-0.3, -0.25) is 0 Å². The van der Waals surface area contributed by atoms with Gasteiger partial charge in [0.25, 0.3) is 0 Å². The van der Waals surface area contributed by atoms with Crippen LogP contribution in [0, 0.1) is 0 Å². The average Bonchev–Trinajstić information content (AvgIpc) is 3.55. The first-order chi connectivity index (χ1) is 24.7. The van der Waals surface area contributed by atoms with E-state index in [0.717, 1.165) is 33.0 Å². The third-order valence-corrected chi connectivity index (χ3v) is 11.4. The van der Waals surface area contributed by atoms with E-state index in [0.29, 0.717) is 32.7 Å². The van der Waals surface area contributed by atoms with E-state index < -0.39 is 0 Å². The minimum absolute atomic E-state index is 0.188. The van der Waals surface area contributed by atoms with Crippen molar-refractivity contribution in [2.45, 2.75) is 0 Å². The van der Waals surface area contributed by atoms with Crippen LogP contribution in [0.1, 0.15) is 0 Å². The van der Waals surface area contributed by atoms with Gasteiger partial charge in [-0.15, -0.1) is 33.2 Å². The van der Waals surface area contributed by atoms with E-state index in [1.807, 2.05) is 30.3 Å². The molecular formula is C42H18B8S. The molecule has 51 heavy (non-hydrogen) atoms. The molecule has 1 aromatic heterocycles. The third kappa shape index (κ3) is 4.70. The number of hydrogen-bond acceptors (Lipinski definition) is 1. The van der Waals surface area contributed by atoms with Crippen molar-refractivity contribution in [1.82, 2.24) is 0 Å². The van der Waals surface area contributed by atoms with Gasteiger partial charge in [-0.25, -0.2) is 0 Å². The lowest BCUT2D eigenvalue weighted by Crippen LogP contribution is -2.50. The van der Waals surface area contributed by atoms with Crippen LogP contribution >= 0.6 is 11.3 Å². The van der Waals surface area contributed by atoms with E-state index in [-0.39, 0.29) is 43.7 Å². The van der Waals surface area contributed by atoms with Crippen LogP contribution < -0.4 is 43.7 Å². The van der Waals surface area contributed by atoms with Gasteiger partial charge in [0.05, 0.1) is 0 Å². The molecule has 9 aromatic rings. The smallest absolute Gasteiger partial charge is 0.113 e. The van der Waals surface area contributed by atoms with Crippen LogP contribution in [0.4, 0.5) is 0 Å². The molecule has 0 aliphatic carbocycles. The zero-order valence-electron chi connectivity index (χ0n) is 27.4. The van der Waals surface area contributed by atoms with Gasteiger partial charge >= 0.3 is 0 Å². The van der Waals surface area contributed by atoms with E-state index in [9.17, 15) is 0 Å². The minimum Gasteiger partial charge on any atom is -0.135 e. The molecule has 0 unspecified atom stereocenters. The van der Waals surface area contributed by atoms with Crippen LogP contribution in [-0.2, 0) is 0 Å². The summed E-state index contributed by atoms with van der Waals surface area (Å²) < 4.78 is 2.47. The first-order valence-corrected chi connectivity index (χ1v) is 17.2. The highest BCUT2D eigenvalue weighted by atomic mass is 32.1. The molecule has 1 heterocycles. The molecule has 0 spiro atoms. The van der Waals surface area contributed by atoms with E-state index >= 15 is 0 Å². The van der Waals surface area contributed by atoms with Crippen molar-refractivity contribution in [3.05, 3.63) is 109 Å². The molecule has 9 heteroatoms. The molecule has 0 nitrogen and oxygen atoms in total. The molecule has 0 atom stereocenters. The molecule has 0 bridgehead atoms. The number of hydrogen-bond donors (Lipinski definition) is 0. The van der Waals surface area contributed by atoms with Crippen molar-refractivity contribution >= 4 is 170 Å². The van der Waals surface area contributed by atoms with Gasteiger partial charge in [0, 0.05) is 20.2 Å². The molecule has 8 aromatic carbocycles. The molecule has 0 aliphatic heterocycles. The second kappa shape index (κ2) is 11.9. The summed E-state index contributed by atoms with van der Waals surface area (Å²) in [6.45, 7) is 0. The van der Waals surface area contributed by atoms with E-state index in [1.54, 1.807) is 11.3 Å².